The average Bonchev–Trinajstić information content (AvgIpc) is 2.76. The molecule has 0 aliphatic rings. The summed E-state index contributed by atoms with van der Waals surface area (Å²) in [7, 11) is 0. The number of hydrogen-bond acceptors (Lipinski definition) is 5. The van der Waals surface area contributed by atoms with E-state index in [-0.39, 0.29) is 12.8 Å². The van der Waals surface area contributed by atoms with Gasteiger partial charge in [0.15, 0.2) is 0 Å². The molecule has 1 heterocycles. The molecule has 0 aromatic carbocycles. The topological polar surface area (TPSA) is 118 Å². The summed E-state index contributed by atoms with van der Waals surface area (Å²) in [5.41, 5.74) is 5.34. The van der Waals surface area contributed by atoms with Crippen molar-refractivity contribution in [2.45, 2.75) is 58.3 Å². The highest BCUT2D eigenvalue weighted by atomic mass is 32.1. The van der Waals surface area contributed by atoms with Gasteiger partial charge in [0, 0.05) is 17.3 Å². The van der Waals surface area contributed by atoms with Gasteiger partial charge in [0.05, 0.1) is 0 Å². The zero-order chi connectivity index (χ0) is 16.1. The first-order valence-corrected chi connectivity index (χ1v) is 7.88. The normalized spacial score (nSPS) is 9.76. The number of H-pyrrole nitrogens is 1. The molecule has 1 aromatic rings. The van der Waals surface area contributed by atoms with Gasteiger partial charge in [-0.1, -0.05) is 37.0 Å². The molecule has 0 saturated heterocycles. The van der Waals surface area contributed by atoms with Gasteiger partial charge in [0.2, 0.25) is 0 Å². The number of aliphatic carboxylic acids is 2. The number of rotatable bonds is 9. The van der Waals surface area contributed by atoms with Crippen LogP contribution >= 0.6 is 11.3 Å². The molecule has 21 heavy (non-hydrogen) atoms. The van der Waals surface area contributed by atoms with Gasteiger partial charge in [0.1, 0.15) is 6.20 Å². The second-order valence-corrected chi connectivity index (χ2v) is 6.04. The third-order valence-electron chi connectivity index (χ3n) is 2.71. The van der Waals surface area contributed by atoms with E-state index in [0.717, 1.165) is 37.2 Å². The van der Waals surface area contributed by atoms with Crippen LogP contribution in [0, 0.1) is 6.92 Å². The number of nitrogens with two attached hydrogens (primary N) is 1. The molecule has 120 valence electrons. The fourth-order valence-corrected chi connectivity index (χ4v) is 2.24. The molecule has 0 aliphatic heterocycles. The Hall–Kier alpha value is -1.63. The first-order valence-electron chi connectivity index (χ1n) is 7.07. The molecule has 1 aromatic heterocycles. The maximum atomic E-state index is 10.1. The number of aromatic amines is 1. The Kier molecular flexibility index (Phi) is 11.2. The van der Waals surface area contributed by atoms with Crippen molar-refractivity contribution in [1.82, 2.24) is 0 Å². The van der Waals surface area contributed by atoms with Crippen LogP contribution in [0.15, 0.2) is 6.20 Å². The van der Waals surface area contributed by atoms with Gasteiger partial charge < -0.3 is 15.0 Å². The smallest absolute Gasteiger partial charge is 0.329 e. The fourth-order valence-electron chi connectivity index (χ4n) is 1.66. The Labute approximate surface area is 129 Å². The highest BCUT2D eigenvalue weighted by Crippen LogP contribution is 2.08. The molecule has 0 spiro atoms. The van der Waals surface area contributed by atoms with E-state index in [1.807, 2.05) is 13.1 Å². The van der Waals surface area contributed by atoms with E-state index in [9.17, 15) is 14.7 Å². The van der Waals surface area contributed by atoms with Crippen molar-refractivity contribution < 1.29 is 24.8 Å². The number of carboxylic acid groups (broad SMARTS) is 2. The van der Waals surface area contributed by atoms with Crippen LogP contribution in [0.5, 0.6) is 0 Å². The number of nitrogens with one attached hydrogen (secondary N) is 1. The van der Waals surface area contributed by atoms with Crippen LogP contribution in [0.2, 0.25) is 0 Å². The summed E-state index contributed by atoms with van der Waals surface area (Å²) >= 11 is 1.56. The lowest BCUT2D eigenvalue weighted by Crippen LogP contribution is -2.21. The number of aryl methyl sites for hydroxylation is 1. The molecule has 0 fully saturated rings. The first kappa shape index (κ1) is 19.4. The van der Waals surface area contributed by atoms with Crippen LogP contribution in [0.25, 0.3) is 0 Å². The molecule has 1 rings (SSSR count). The Morgan fingerprint density at radius 3 is 2.05 bits per heavy atom. The molecule has 0 saturated carbocycles. The monoisotopic (exact) mass is 316 g/mol. The predicted octanol–water partition coefficient (Wildman–Crippen LogP) is 1.39. The number of hydrogen-bond donors (Lipinski definition) is 2. The summed E-state index contributed by atoms with van der Waals surface area (Å²) in [5.74, 6) is -1.74. The lowest BCUT2D eigenvalue weighted by Gasteiger charge is -2.01. The van der Waals surface area contributed by atoms with Gasteiger partial charge in [-0.15, -0.1) is 0 Å². The van der Waals surface area contributed by atoms with Crippen LogP contribution in [-0.4, -0.2) is 17.0 Å². The van der Waals surface area contributed by atoms with Gasteiger partial charge in [0.25, 0.3) is 0 Å². The van der Waals surface area contributed by atoms with Crippen LogP contribution in [0.1, 0.15) is 56.2 Å². The molecular weight excluding hydrogens is 292 g/mol. The molecular formula is C14H24N2O4S. The number of nitrogen functional groups attached to an aromatic ring is 1. The van der Waals surface area contributed by atoms with Gasteiger partial charge in [-0.3, -0.25) is 10.5 Å². The lowest BCUT2D eigenvalue weighted by atomic mass is 10.1. The second-order valence-electron chi connectivity index (χ2n) is 4.75. The lowest BCUT2D eigenvalue weighted by molar-refractivity contribution is -0.354. The Balaban J connectivity index is 0.000000471. The van der Waals surface area contributed by atoms with Crippen molar-refractivity contribution >= 4 is 28.4 Å². The van der Waals surface area contributed by atoms with Crippen molar-refractivity contribution in [2.75, 3.05) is 5.73 Å². The maximum absolute atomic E-state index is 10.1. The van der Waals surface area contributed by atoms with Crippen molar-refractivity contribution in [1.29, 1.82) is 0 Å². The van der Waals surface area contributed by atoms with Gasteiger partial charge in [-0.25, -0.2) is 4.98 Å². The van der Waals surface area contributed by atoms with E-state index in [0.29, 0.717) is 6.42 Å². The minimum atomic E-state index is -0.990. The fraction of sp³-hybridized carbons (Fsp3) is 0.643. The molecule has 0 unspecified atom stereocenters. The third kappa shape index (κ3) is 14.6. The van der Waals surface area contributed by atoms with E-state index in [2.05, 4.69) is 4.98 Å². The number of unbranched alkanes of at least 4 members (excludes halogenated alkanes) is 5. The summed E-state index contributed by atoms with van der Waals surface area (Å²) in [4.78, 5) is 24.3. The molecule has 0 bridgehead atoms. The zero-order valence-corrected chi connectivity index (χ0v) is 13.2. The summed E-state index contributed by atoms with van der Waals surface area (Å²) in [5, 5.41) is 19.2. The van der Waals surface area contributed by atoms with Crippen LogP contribution in [-0.2, 0) is 9.59 Å². The highest BCUT2D eigenvalue weighted by molar-refractivity contribution is 7.14. The van der Waals surface area contributed by atoms with Crippen LogP contribution < -0.4 is 15.8 Å². The summed E-state index contributed by atoms with van der Waals surface area (Å²) in [6.45, 7) is 2.01. The van der Waals surface area contributed by atoms with Gasteiger partial charge in [-0.05, 0) is 26.2 Å². The van der Waals surface area contributed by atoms with E-state index in [4.69, 9.17) is 10.8 Å². The first-order chi connectivity index (χ1) is 9.91. The summed E-state index contributed by atoms with van der Waals surface area (Å²) < 4.78 is 0. The molecule has 4 N–H and O–H groups in total. The van der Waals surface area contributed by atoms with E-state index < -0.39 is 11.9 Å². The molecule has 6 nitrogen and oxygen atoms in total. The number of anilines is 1. The Morgan fingerprint density at radius 2 is 1.71 bits per heavy atom. The van der Waals surface area contributed by atoms with Crippen molar-refractivity contribution in [3.8, 4) is 0 Å². The van der Waals surface area contributed by atoms with Crippen molar-refractivity contribution in [3.05, 3.63) is 11.1 Å². The largest absolute Gasteiger partial charge is 0.550 e. The van der Waals surface area contributed by atoms with E-state index in [1.54, 1.807) is 11.3 Å². The molecule has 7 heteroatoms. The minimum Gasteiger partial charge on any atom is -0.550 e. The van der Waals surface area contributed by atoms with Crippen molar-refractivity contribution in [3.63, 3.8) is 0 Å². The quantitative estimate of drug-likeness (QED) is 0.668. The standard InChI is InChI=1S/C10H18O4.C4H6N2S/c11-9(12)7-5-3-1-2-4-6-8-10(13)14;1-3-2-6-4(5)7-3/h1-8H2,(H,11,12)(H,13,14);2H,1H3,(H2,5,6). The number of carbonyl (C=O) groups excluding carboxylic acids is 1. The van der Waals surface area contributed by atoms with Crippen molar-refractivity contribution in [2.24, 2.45) is 0 Å². The average molecular weight is 316 g/mol. The zero-order valence-electron chi connectivity index (χ0n) is 12.4. The van der Waals surface area contributed by atoms with E-state index >= 15 is 0 Å². The predicted molar refractivity (Wildman–Crippen MR) is 79.6 cm³/mol. The molecule has 0 amide bonds. The van der Waals surface area contributed by atoms with Gasteiger partial charge >= 0.3 is 11.1 Å². The van der Waals surface area contributed by atoms with E-state index in [1.165, 1.54) is 4.88 Å². The number of carboxylic acids is 2. The SMILES string of the molecule is Cc1c[nH+]c(N)s1.O=C([O-])CCCCCCCCC(=O)O. The summed E-state index contributed by atoms with van der Waals surface area (Å²) in [6, 6.07) is 0. The van der Waals surface area contributed by atoms with Crippen LogP contribution in [0.3, 0.4) is 0 Å². The van der Waals surface area contributed by atoms with Gasteiger partial charge in [-0.2, -0.15) is 0 Å². The second kappa shape index (κ2) is 12.1. The third-order valence-corrected chi connectivity index (χ3v) is 3.49. The minimum absolute atomic E-state index is 0.134. The number of thiazole rings is 1. The van der Waals surface area contributed by atoms with Crippen LogP contribution in [0.4, 0.5) is 5.13 Å². The molecule has 0 atom stereocenters. The molecule has 0 radical (unpaired) electrons. The number of carbonyl (C=O) groups is 2. The maximum Gasteiger partial charge on any atom is 0.329 e. The Bertz CT molecular complexity index is 384. The Morgan fingerprint density at radius 1 is 1.19 bits per heavy atom. The summed E-state index contributed by atoms with van der Waals surface area (Å²) in [6.07, 6.45) is 7.41. The molecule has 0 aliphatic carbocycles. The highest BCUT2D eigenvalue weighted by Gasteiger charge is 1.96. The number of aromatic nitrogens is 1.